The highest BCUT2D eigenvalue weighted by Gasteiger charge is 2.55. The average Bonchev–Trinajstić information content (AvgIpc) is 2.59. The van der Waals surface area contributed by atoms with E-state index in [0.29, 0.717) is 4.57 Å². The smallest absolute Gasteiger partial charge is 0.332 e. The normalized spacial score (nSPS) is 34.7. The van der Waals surface area contributed by atoms with E-state index in [0.717, 1.165) is 6.20 Å². The number of nitrogens with one attached hydrogen (secondary N) is 1. The predicted octanol–water partition coefficient (Wildman–Crippen LogP) is -3.44. The van der Waals surface area contributed by atoms with Gasteiger partial charge in [-0.15, -0.1) is 0 Å². The lowest BCUT2D eigenvalue weighted by atomic mass is 10.1. The minimum absolute atomic E-state index is 0.103. The Kier molecular flexibility index (Phi) is 3.32. The highest BCUT2D eigenvalue weighted by Crippen LogP contribution is 2.32. The maximum absolute atomic E-state index is 11.6. The summed E-state index contributed by atoms with van der Waals surface area (Å²) in [5.74, 6) is -2.56. The maximum atomic E-state index is 11.6. The molecule has 106 valence electrons. The van der Waals surface area contributed by atoms with Crippen LogP contribution >= 0.6 is 0 Å². The van der Waals surface area contributed by atoms with Gasteiger partial charge in [-0.05, 0) is 6.92 Å². The number of hydrogen-bond donors (Lipinski definition) is 5. The van der Waals surface area contributed by atoms with Crippen molar-refractivity contribution in [2.24, 2.45) is 0 Å². The van der Waals surface area contributed by atoms with E-state index in [-0.39, 0.29) is 5.56 Å². The van der Waals surface area contributed by atoms with Gasteiger partial charge in [0.25, 0.3) is 11.5 Å². The summed E-state index contributed by atoms with van der Waals surface area (Å²) in [7, 11) is 0. The highest BCUT2D eigenvalue weighted by atomic mass is 16.7. The Morgan fingerprint density at radius 1 is 1.47 bits per heavy atom. The van der Waals surface area contributed by atoms with Crippen molar-refractivity contribution in [1.29, 1.82) is 0 Å². The molecule has 1 aromatic heterocycles. The molecule has 2 rings (SSSR count). The third-order valence-corrected chi connectivity index (χ3v) is 3.06. The fourth-order valence-electron chi connectivity index (χ4n) is 1.94. The number of aliphatic hydroxyl groups excluding tert-OH is 3. The van der Waals surface area contributed by atoms with Gasteiger partial charge in [0.15, 0.2) is 6.10 Å². The second-order valence-electron chi connectivity index (χ2n) is 4.37. The van der Waals surface area contributed by atoms with Gasteiger partial charge in [0.2, 0.25) is 0 Å². The van der Waals surface area contributed by atoms with Crippen molar-refractivity contribution in [2.45, 2.75) is 31.1 Å². The summed E-state index contributed by atoms with van der Waals surface area (Å²) < 4.78 is 5.49. The fourth-order valence-corrected chi connectivity index (χ4v) is 1.94. The van der Waals surface area contributed by atoms with Gasteiger partial charge in [0.1, 0.15) is 12.2 Å². The Bertz CT molecular complexity index is 594. The van der Waals surface area contributed by atoms with Gasteiger partial charge in [0.05, 0.1) is 6.61 Å². The average molecular weight is 274 g/mol. The third kappa shape index (κ3) is 2.01. The first-order valence-electron chi connectivity index (χ1n) is 5.51. The van der Waals surface area contributed by atoms with E-state index in [2.05, 4.69) is 0 Å². The van der Waals surface area contributed by atoms with E-state index in [1.165, 1.54) is 6.92 Å². The first-order chi connectivity index (χ1) is 8.81. The molecule has 0 spiro atoms. The molecule has 5 N–H and O–H groups in total. The van der Waals surface area contributed by atoms with Crippen LogP contribution in [0.5, 0.6) is 0 Å². The van der Waals surface area contributed by atoms with E-state index in [1.807, 2.05) is 4.98 Å². The van der Waals surface area contributed by atoms with E-state index in [9.17, 15) is 24.9 Å². The monoisotopic (exact) mass is 274 g/mol. The Hall–Kier alpha value is -1.52. The molecule has 0 saturated carbocycles. The second kappa shape index (κ2) is 4.54. The lowest BCUT2D eigenvalue weighted by molar-refractivity contribution is -0.291. The Balaban J connectivity index is 2.55. The van der Waals surface area contributed by atoms with Crippen LogP contribution in [0.15, 0.2) is 15.8 Å². The number of ether oxygens (including phenoxy) is 1. The molecule has 0 aromatic carbocycles. The molecule has 1 aliphatic rings. The van der Waals surface area contributed by atoms with Crippen molar-refractivity contribution in [1.82, 2.24) is 9.55 Å². The van der Waals surface area contributed by atoms with Gasteiger partial charge in [-0.2, -0.15) is 0 Å². The van der Waals surface area contributed by atoms with Crippen LogP contribution in [0.25, 0.3) is 0 Å². The first-order valence-corrected chi connectivity index (χ1v) is 5.51. The van der Waals surface area contributed by atoms with Crippen LogP contribution < -0.4 is 11.2 Å². The van der Waals surface area contributed by atoms with Crippen LogP contribution in [-0.2, 0) is 10.6 Å². The minimum Gasteiger partial charge on any atom is -0.394 e. The molecule has 1 saturated heterocycles. The van der Waals surface area contributed by atoms with Crippen LogP contribution in [-0.4, -0.2) is 54.9 Å². The number of H-pyrrole nitrogens is 1. The fraction of sp³-hybridized carbons (Fsp3) is 0.600. The standard InChI is InChI=1S/C10H14N2O7/c1-4-2-12(9(17)11-8(4)16)10(18)7(15)6(14)5(3-13)19-10/h2,5-7,13-15,18H,3H2,1H3,(H,11,16,17)/t5-,6-,7?,10-/m1/s1. The number of aliphatic hydroxyl groups is 4. The van der Waals surface area contributed by atoms with Gasteiger partial charge in [-0.3, -0.25) is 9.78 Å². The molecule has 0 bridgehead atoms. The number of rotatable bonds is 2. The van der Waals surface area contributed by atoms with Crippen LogP contribution in [0, 0.1) is 6.92 Å². The largest absolute Gasteiger partial charge is 0.394 e. The summed E-state index contributed by atoms with van der Waals surface area (Å²) in [6, 6.07) is 0. The van der Waals surface area contributed by atoms with Crippen molar-refractivity contribution >= 4 is 0 Å². The van der Waals surface area contributed by atoms with Gasteiger partial charge < -0.3 is 25.2 Å². The molecule has 1 aliphatic heterocycles. The molecule has 1 fully saturated rings. The Morgan fingerprint density at radius 3 is 2.63 bits per heavy atom. The molecule has 4 atom stereocenters. The van der Waals surface area contributed by atoms with Gasteiger partial charge >= 0.3 is 5.69 Å². The summed E-state index contributed by atoms with van der Waals surface area (Å²) >= 11 is 0. The molecule has 1 unspecified atom stereocenters. The quantitative estimate of drug-likeness (QED) is 0.377. The molecular formula is C10H14N2O7. The van der Waals surface area contributed by atoms with Crippen LogP contribution in [0.1, 0.15) is 5.56 Å². The maximum Gasteiger partial charge on any atom is 0.332 e. The molecule has 0 radical (unpaired) electrons. The molecule has 9 nitrogen and oxygen atoms in total. The summed E-state index contributed by atoms with van der Waals surface area (Å²) in [6.07, 6.45) is -3.68. The van der Waals surface area contributed by atoms with Crippen LogP contribution in [0.3, 0.4) is 0 Å². The molecule has 1 aromatic rings. The SMILES string of the molecule is Cc1cn([C@]2(O)O[C@H](CO)[C@@H](O)C2O)c(=O)[nH]c1=O. The molecule has 9 heteroatoms. The van der Waals surface area contributed by atoms with E-state index in [4.69, 9.17) is 9.84 Å². The van der Waals surface area contributed by atoms with Crippen molar-refractivity contribution in [3.05, 3.63) is 32.6 Å². The summed E-state index contributed by atoms with van der Waals surface area (Å²) in [6.45, 7) is 0.733. The zero-order valence-electron chi connectivity index (χ0n) is 9.98. The highest BCUT2D eigenvalue weighted by molar-refractivity contribution is 5.04. The summed E-state index contributed by atoms with van der Waals surface area (Å²) in [5.41, 5.74) is -1.55. The Morgan fingerprint density at radius 2 is 2.11 bits per heavy atom. The van der Waals surface area contributed by atoms with Gasteiger partial charge in [0, 0.05) is 11.8 Å². The molecule has 2 heterocycles. The van der Waals surface area contributed by atoms with E-state index < -0.39 is 42.1 Å². The molecule has 0 aliphatic carbocycles. The third-order valence-electron chi connectivity index (χ3n) is 3.06. The molecule has 0 amide bonds. The van der Waals surface area contributed by atoms with Crippen molar-refractivity contribution in [3.8, 4) is 0 Å². The molecule has 19 heavy (non-hydrogen) atoms. The first kappa shape index (κ1) is 13.9. The zero-order chi connectivity index (χ0) is 14.4. The van der Waals surface area contributed by atoms with Crippen molar-refractivity contribution in [3.63, 3.8) is 0 Å². The second-order valence-corrected chi connectivity index (χ2v) is 4.37. The minimum atomic E-state index is -2.56. The predicted molar refractivity (Wildman–Crippen MR) is 60.2 cm³/mol. The van der Waals surface area contributed by atoms with E-state index >= 15 is 0 Å². The Labute approximate surface area is 106 Å². The zero-order valence-corrected chi connectivity index (χ0v) is 9.98. The summed E-state index contributed by atoms with van der Waals surface area (Å²) in [5, 5.41) is 38.5. The summed E-state index contributed by atoms with van der Waals surface area (Å²) in [4.78, 5) is 24.8. The number of nitrogens with zero attached hydrogens (tertiary/aromatic N) is 1. The molecular weight excluding hydrogens is 260 g/mol. The van der Waals surface area contributed by atoms with Crippen LogP contribution in [0.2, 0.25) is 0 Å². The lowest BCUT2D eigenvalue weighted by Crippen LogP contribution is -2.51. The number of aromatic nitrogens is 2. The van der Waals surface area contributed by atoms with Gasteiger partial charge in [-0.25, -0.2) is 9.36 Å². The van der Waals surface area contributed by atoms with Crippen molar-refractivity contribution < 1.29 is 25.2 Å². The lowest BCUT2D eigenvalue weighted by Gasteiger charge is -2.27. The van der Waals surface area contributed by atoms with E-state index in [1.54, 1.807) is 0 Å². The van der Waals surface area contributed by atoms with Gasteiger partial charge in [-0.1, -0.05) is 0 Å². The van der Waals surface area contributed by atoms with Crippen LogP contribution in [0.4, 0.5) is 0 Å². The van der Waals surface area contributed by atoms with Crippen molar-refractivity contribution in [2.75, 3.05) is 6.61 Å². The number of aryl methyl sites for hydroxylation is 1. The number of aromatic amines is 1. The number of hydrogen-bond acceptors (Lipinski definition) is 7. The topological polar surface area (TPSA) is 145 Å².